The fourth-order valence-electron chi connectivity index (χ4n) is 1.79. The lowest BCUT2D eigenvalue weighted by molar-refractivity contribution is 1.32. The number of anilines is 1. The molecule has 0 spiro atoms. The van der Waals surface area contributed by atoms with Crippen molar-refractivity contribution in [3.05, 3.63) is 57.5 Å². The van der Waals surface area contributed by atoms with Gasteiger partial charge in [-0.3, -0.25) is 5.43 Å². The van der Waals surface area contributed by atoms with Crippen molar-refractivity contribution in [1.82, 2.24) is 4.98 Å². The number of hydrogen-bond acceptors (Lipinski definition) is 5. The Bertz CT molecular complexity index is 878. The summed E-state index contributed by atoms with van der Waals surface area (Å²) in [4.78, 5) is 4.40. The van der Waals surface area contributed by atoms with Crippen LogP contribution in [0.5, 0.6) is 0 Å². The number of hydrogen-bond donors (Lipinski definition) is 1. The molecule has 0 amide bonds. The number of nitrogens with zero attached hydrogens (tertiary/aromatic N) is 3. The van der Waals surface area contributed by atoms with Crippen LogP contribution in [-0.2, 0) is 0 Å². The lowest BCUT2D eigenvalue weighted by Crippen LogP contribution is -2.01. The largest absolute Gasteiger partial charge is 0.276 e. The number of para-hydroxylation sites is 1. The minimum absolute atomic E-state index is 0.192. The topological polar surface area (TPSA) is 61.1 Å². The number of fused-ring (bicyclic) bond motifs is 1. The average Bonchev–Trinajstić information content (AvgIpc) is 2.95. The predicted molar refractivity (Wildman–Crippen MR) is 91.9 cm³/mol. The minimum atomic E-state index is 0.192. The smallest absolute Gasteiger partial charge is 0.196 e. The summed E-state index contributed by atoms with van der Waals surface area (Å²) < 4.78 is 1.00. The first-order chi connectivity index (χ1) is 10.7. The molecule has 4 nitrogen and oxygen atoms in total. The van der Waals surface area contributed by atoms with Gasteiger partial charge in [0.05, 0.1) is 20.9 Å². The minimum Gasteiger partial charge on any atom is -0.276 e. The van der Waals surface area contributed by atoms with Gasteiger partial charge in [-0.2, -0.15) is 10.4 Å². The SMILES string of the molecule is N#C/C(=N\Nc1cc(Cl)ccc1Cl)c1nc2ccccc2s1. The number of nitriles is 1. The van der Waals surface area contributed by atoms with Gasteiger partial charge in [0, 0.05) is 5.02 Å². The molecule has 7 heteroatoms. The number of hydrazone groups is 1. The second-order valence-corrected chi connectivity index (χ2v) is 6.17. The van der Waals surface area contributed by atoms with Crippen LogP contribution in [0.4, 0.5) is 5.69 Å². The summed E-state index contributed by atoms with van der Waals surface area (Å²) in [6, 6.07) is 14.7. The summed E-state index contributed by atoms with van der Waals surface area (Å²) in [5.74, 6) is 0. The fourth-order valence-corrected chi connectivity index (χ4v) is 3.03. The maximum Gasteiger partial charge on any atom is 0.196 e. The van der Waals surface area contributed by atoms with Gasteiger partial charge in [-0.15, -0.1) is 11.3 Å². The zero-order valence-electron chi connectivity index (χ0n) is 11.0. The number of rotatable bonds is 3. The predicted octanol–water partition coefficient (Wildman–Crippen LogP) is 4.94. The molecule has 0 saturated heterocycles. The standard InChI is InChI=1S/C15H8Cl2N4S/c16-9-5-6-10(17)12(7-9)20-21-13(8-18)15-19-11-3-1-2-4-14(11)22-15/h1-7,20H/b21-13+. The van der Waals surface area contributed by atoms with Crippen LogP contribution in [-0.4, -0.2) is 10.7 Å². The van der Waals surface area contributed by atoms with Crippen molar-refractivity contribution in [1.29, 1.82) is 5.26 Å². The lowest BCUT2D eigenvalue weighted by atomic mass is 10.3. The molecule has 1 heterocycles. The molecule has 0 aliphatic heterocycles. The highest BCUT2D eigenvalue weighted by molar-refractivity contribution is 7.20. The lowest BCUT2D eigenvalue weighted by Gasteiger charge is -2.03. The van der Waals surface area contributed by atoms with Crippen molar-refractivity contribution in [2.45, 2.75) is 0 Å². The van der Waals surface area contributed by atoms with Gasteiger partial charge in [0.25, 0.3) is 0 Å². The Hall–Kier alpha value is -2.13. The zero-order valence-corrected chi connectivity index (χ0v) is 13.4. The molecule has 22 heavy (non-hydrogen) atoms. The van der Waals surface area contributed by atoms with Gasteiger partial charge in [0.2, 0.25) is 0 Å². The molecule has 0 unspecified atom stereocenters. The van der Waals surface area contributed by atoms with Gasteiger partial charge >= 0.3 is 0 Å². The highest BCUT2D eigenvalue weighted by atomic mass is 35.5. The molecule has 0 aliphatic rings. The number of nitrogens with one attached hydrogen (secondary N) is 1. The van der Waals surface area contributed by atoms with Gasteiger partial charge in [-0.1, -0.05) is 35.3 Å². The summed E-state index contributed by atoms with van der Waals surface area (Å²) in [5.41, 5.74) is 4.32. The highest BCUT2D eigenvalue weighted by Crippen LogP contribution is 2.26. The van der Waals surface area contributed by atoms with E-state index in [9.17, 15) is 5.26 Å². The highest BCUT2D eigenvalue weighted by Gasteiger charge is 2.10. The van der Waals surface area contributed by atoms with Gasteiger partial charge in [0.15, 0.2) is 10.7 Å². The summed E-state index contributed by atoms with van der Waals surface area (Å²) in [5, 5.41) is 14.9. The molecular formula is C15H8Cl2N4S. The molecule has 1 aromatic heterocycles. The molecule has 3 rings (SSSR count). The van der Waals surface area contributed by atoms with E-state index in [-0.39, 0.29) is 5.71 Å². The third-order valence-electron chi connectivity index (χ3n) is 2.82. The van der Waals surface area contributed by atoms with E-state index >= 15 is 0 Å². The molecule has 1 N–H and O–H groups in total. The summed E-state index contributed by atoms with van der Waals surface area (Å²) in [6.07, 6.45) is 0. The Morgan fingerprint density at radius 1 is 1.23 bits per heavy atom. The molecule has 0 bridgehead atoms. The van der Waals surface area contributed by atoms with E-state index in [4.69, 9.17) is 23.2 Å². The number of thiazole rings is 1. The van der Waals surface area contributed by atoms with Gasteiger partial charge in [0.1, 0.15) is 6.07 Å². The van der Waals surface area contributed by atoms with Crippen molar-refractivity contribution in [3.63, 3.8) is 0 Å². The van der Waals surface area contributed by atoms with Gasteiger partial charge in [-0.25, -0.2) is 4.98 Å². The zero-order chi connectivity index (χ0) is 15.5. The van der Waals surface area contributed by atoms with E-state index in [0.717, 1.165) is 10.2 Å². The molecular weight excluding hydrogens is 339 g/mol. The number of benzene rings is 2. The summed E-state index contributed by atoms with van der Waals surface area (Å²) in [7, 11) is 0. The Morgan fingerprint density at radius 2 is 2.05 bits per heavy atom. The molecule has 0 radical (unpaired) electrons. The van der Waals surface area contributed by atoms with Crippen molar-refractivity contribution in [3.8, 4) is 6.07 Å². The van der Waals surface area contributed by atoms with E-state index in [0.29, 0.717) is 20.7 Å². The number of halogens is 2. The first kappa shape index (κ1) is 14.8. The molecule has 2 aromatic carbocycles. The maximum atomic E-state index is 9.29. The van der Waals surface area contributed by atoms with Crippen molar-refractivity contribution in [2.24, 2.45) is 5.10 Å². The van der Waals surface area contributed by atoms with E-state index in [1.807, 2.05) is 30.3 Å². The van der Waals surface area contributed by atoms with Crippen molar-refractivity contribution in [2.75, 3.05) is 5.43 Å². The van der Waals surface area contributed by atoms with Gasteiger partial charge in [-0.05, 0) is 30.3 Å². The second kappa shape index (κ2) is 6.32. The average molecular weight is 347 g/mol. The van der Waals surface area contributed by atoms with Crippen LogP contribution < -0.4 is 5.43 Å². The molecule has 0 saturated carbocycles. The van der Waals surface area contributed by atoms with Gasteiger partial charge < -0.3 is 0 Å². The van der Waals surface area contributed by atoms with E-state index < -0.39 is 0 Å². The Labute approximate surface area is 140 Å². The Kier molecular flexibility index (Phi) is 4.25. The van der Waals surface area contributed by atoms with E-state index in [1.165, 1.54) is 11.3 Å². The van der Waals surface area contributed by atoms with E-state index in [1.54, 1.807) is 18.2 Å². The van der Waals surface area contributed by atoms with E-state index in [2.05, 4.69) is 15.5 Å². The molecule has 3 aromatic rings. The normalized spacial score (nSPS) is 11.4. The summed E-state index contributed by atoms with van der Waals surface area (Å²) >= 11 is 13.4. The Balaban J connectivity index is 1.93. The van der Waals surface area contributed by atoms with Crippen LogP contribution in [0.3, 0.4) is 0 Å². The van der Waals surface area contributed by atoms with Crippen LogP contribution in [0.1, 0.15) is 5.01 Å². The molecule has 0 aliphatic carbocycles. The third kappa shape index (κ3) is 3.04. The van der Waals surface area contributed by atoms with Crippen molar-refractivity contribution >= 4 is 56.2 Å². The van der Waals surface area contributed by atoms with Crippen LogP contribution in [0, 0.1) is 11.3 Å². The number of aromatic nitrogens is 1. The first-order valence-electron chi connectivity index (χ1n) is 6.22. The van der Waals surface area contributed by atoms with Crippen LogP contribution in [0.25, 0.3) is 10.2 Å². The maximum absolute atomic E-state index is 9.29. The molecule has 108 valence electrons. The van der Waals surface area contributed by atoms with Crippen LogP contribution in [0.15, 0.2) is 47.6 Å². The second-order valence-electron chi connectivity index (χ2n) is 4.29. The van der Waals surface area contributed by atoms with Crippen molar-refractivity contribution < 1.29 is 0 Å². The molecule has 0 fully saturated rings. The van der Waals surface area contributed by atoms with Crippen LogP contribution >= 0.6 is 34.5 Å². The monoisotopic (exact) mass is 346 g/mol. The quantitative estimate of drug-likeness (QED) is 0.539. The Morgan fingerprint density at radius 3 is 2.82 bits per heavy atom. The fraction of sp³-hybridized carbons (Fsp3) is 0. The van der Waals surface area contributed by atoms with Crippen LogP contribution in [0.2, 0.25) is 10.0 Å². The summed E-state index contributed by atoms with van der Waals surface area (Å²) in [6.45, 7) is 0. The molecule has 0 atom stereocenters. The first-order valence-corrected chi connectivity index (χ1v) is 7.79. The third-order valence-corrected chi connectivity index (χ3v) is 4.43.